The first kappa shape index (κ1) is 17.0. The molecule has 0 aliphatic heterocycles. The second-order valence-electron chi connectivity index (χ2n) is 5.16. The predicted octanol–water partition coefficient (Wildman–Crippen LogP) is 2.66. The number of carbonyl (C=O) groups is 1. The van der Waals surface area contributed by atoms with E-state index >= 15 is 0 Å². The quantitative estimate of drug-likeness (QED) is 0.813. The van der Waals surface area contributed by atoms with Gasteiger partial charge in [-0.05, 0) is 31.0 Å². The van der Waals surface area contributed by atoms with Gasteiger partial charge in [0, 0.05) is 18.7 Å². The summed E-state index contributed by atoms with van der Waals surface area (Å²) in [6.45, 7) is 4.11. The smallest absolute Gasteiger partial charge is 0.239 e. The number of methoxy groups -OCH3 is 1. The van der Waals surface area contributed by atoms with E-state index in [1.165, 1.54) is 0 Å². The molecule has 20 heavy (non-hydrogen) atoms. The fourth-order valence-corrected chi connectivity index (χ4v) is 2.26. The lowest BCUT2D eigenvalue weighted by atomic mass is 9.96. The Balaban J connectivity index is 2.64. The molecule has 3 N–H and O–H groups in total. The van der Waals surface area contributed by atoms with Crippen LogP contribution in [0.15, 0.2) is 24.3 Å². The second-order valence-corrected chi connectivity index (χ2v) is 5.59. The first-order chi connectivity index (χ1) is 9.40. The zero-order valence-electron chi connectivity index (χ0n) is 12.3. The van der Waals surface area contributed by atoms with Crippen LogP contribution >= 0.6 is 11.6 Å². The molecule has 0 spiro atoms. The van der Waals surface area contributed by atoms with Gasteiger partial charge in [0.15, 0.2) is 0 Å². The van der Waals surface area contributed by atoms with Gasteiger partial charge >= 0.3 is 0 Å². The van der Waals surface area contributed by atoms with Crippen LogP contribution in [0, 0.1) is 0 Å². The molecule has 112 valence electrons. The van der Waals surface area contributed by atoms with Gasteiger partial charge in [-0.2, -0.15) is 0 Å². The van der Waals surface area contributed by atoms with Crippen LogP contribution in [-0.2, 0) is 9.53 Å². The molecule has 0 aromatic heterocycles. The highest BCUT2D eigenvalue weighted by Crippen LogP contribution is 2.20. The molecule has 1 aromatic carbocycles. The van der Waals surface area contributed by atoms with Crippen molar-refractivity contribution in [1.82, 2.24) is 5.32 Å². The normalized spacial score (nSPS) is 15.4. The van der Waals surface area contributed by atoms with Gasteiger partial charge in [0.25, 0.3) is 0 Å². The van der Waals surface area contributed by atoms with Crippen molar-refractivity contribution < 1.29 is 9.53 Å². The molecule has 0 saturated carbocycles. The summed E-state index contributed by atoms with van der Waals surface area (Å²) in [5, 5.41) is 3.49. The fourth-order valence-electron chi connectivity index (χ4n) is 2.06. The van der Waals surface area contributed by atoms with Crippen molar-refractivity contribution in [2.24, 2.45) is 5.73 Å². The Labute approximate surface area is 125 Å². The number of ether oxygens (including phenoxy) is 1. The highest BCUT2D eigenvalue weighted by Gasteiger charge is 2.27. The maximum absolute atomic E-state index is 12.1. The van der Waals surface area contributed by atoms with Gasteiger partial charge in [0.2, 0.25) is 5.91 Å². The van der Waals surface area contributed by atoms with Crippen LogP contribution in [0.4, 0.5) is 0 Å². The molecule has 0 fully saturated rings. The number of hydrogen-bond donors (Lipinski definition) is 2. The van der Waals surface area contributed by atoms with Crippen molar-refractivity contribution in [3.63, 3.8) is 0 Å². The lowest BCUT2D eigenvalue weighted by molar-refractivity contribution is -0.126. The first-order valence-electron chi connectivity index (χ1n) is 6.76. The number of hydrogen-bond acceptors (Lipinski definition) is 3. The molecule has 0 saturated heterocycles. The van der Waals surface area contributed by atoms with E-state index in [1.54, 1.807) is 20.1 Å². The summed E-state index contributed by atoms with van der Waals surface area (Å²) in [7, 11) is 1.60. The molecule has 0 heterocycles. The zero-order valence-corrected chi connectivity index (χ0v) is 13.0. The van der Waals surface area contributed by atoms with Crippen LogP contribution in [0.3, 0.4) is 0 Å². The van der Waals surface area contributed by atoms with Crippen LogP contribution < -0.4 is 11.1 Å². The lowest BCUT2D eigenvalue weighted by Crippen LogP contribution is -2.52. The molecule has 2 atom stereocenters. The van der Waals surface area contributed by atoms with E-state index in [-0.39, 0.29) is 12.0 Å². The van der Waals surface area contributed by atoms with Crippen molar-refractivity contribution in [1.29, 1.82) is 0 Å². The van der Waals surface area contributed by atoms with Crippen LogP contribution in [0.1, 0.15) is 38.4 Å². The molecule has 1 rings (SSSR count). The SMILES string of the molecule is CCCC(C)(N)C(=O)NCC(OC)c1cccc(Cl)c1. The first-order valence-corrected chi connectivity index (χ1v) is 7.14. The minimum atomic E-state index is -0.846. The van der Waals surface area contributed by atoms with Gasteiger partial charge in [0.1, 0.15) is 0 Å². The summed E-state index contributed by atoms with van der Waals surface area (Å²) in [6, 6.07) is 7.40. The van der Waals surface area contributed by atoms with E-state index < -0.39 is 5.54 Å². The third-order valence-corrected chi connectivity index (χ3v) is 3.48. The van der Waals surface area contributed by atoms with Gasteiger partial charge in [0.05, 0.1) is 11.6 Å². The van der Waals surface area contributed by atoms with Crippen molar-refractivity contribution in [3.8, 4) is 0 Å². The Bertz CT molecular complexity index is 449. The molecule has 1 aromatic rings. The van der Waals surface area contributed by atoms with Crippen LogP contribution in [0.2, 0.25) is 5.02 Å². The lowest BCUT2D eigenvalue weighted by Gasteiger charge is -2.24. The average molecular weight is 299 g/mol. The minimum Gasteiger partial charge on any atom is -0.375 e. The summed E-state index contributed by atoms with van der Waals surface area (Å²) < 4.78 is 5.40. The number of carbonyl (C=O) groups excluding carboxylic acids is 1. The third kappa shape index (κ3) is 4.78. The van der Waals surface area contributed by atoms with Gasteiger partial charge in [-0.3, -0.25) is 4.79 Å². The molecule has 2 unspecified atom stereocenters. The fraction of sp³-hybridized carbons (Fsp3) is 0.533. The standard InChI is InChI=1S/C15H23ClN2O2/c1-4-8-15(2,17)14(19)18-10-13(20-3)11-6-5-7-12(16)9-11/h5-7,9,13H,4,8,10,17H2,1-3H3,(H,18,19). The Morgan fingerprint density at radius 3 is 2.80 bits per heavy atom. The van der Waals surface area contributed by atoms with Gasteiger partial charge in [-0.25, -0.2) is 0 Å². The molecule has 0 radical (unpaired) electrons. The molecule has 0 aliphatic rings. The zero-order chi connectivity index (χ0) is 15.2. The molecular weight excluding hydrogens is 276 g/mol. The predicted molar refractivity (Wildman–Crippen MR) is 81.7 cm³/mol. The van der Waals surface area contributed by atoms with Crippen LogP contribution in [0.25, 0.3) is 0 Å². The van der Waals surface area contributed by atoms with Crippen molar-refractivity contribution in [2.45, 2.75) is 38.3 Å². The number of amides is 1. The minimum absolute atomic E-state index is 0.163. The summed E-state index contributed by atoms with van der Waals surface area (Å²) in [6.07, 6.45) is 1.27. The summed E-state index contributed by atoms with van der Waals surface area (Å²) >= 11 is 5.96. The maximum Gasteiger partial charge on any atom is 0.239 e. The van der Waals surface area contributed by atoms with Crippen LogP contribution in [-0.4, -0.2) is 25.1 Å². The highest BCUT2D eigenvalue weighted by atomic mass is 35.5. The van der Waals surface area contributed by atoms with Crippen molar-refractivity contribution >= 4 is 17.5 Å². The van der Waals surface area contributed by atoms with E-state index in [0.29, 0.717) is 18.0 Å². The van der Waals surface area contributed by atoms with E-state index in [1.807, 2.05) is 25.1 Å². The second kappa shape index (κ2) is 7.62. The van der Waals surface area contributed by atoms with Gasteiger partial charge in [-0.1, -0.05) is 37.1 Å². The van der Waals surface area contributed by atoms with Crippen molar-refractivity contribution in [2.75, 3.05) is 13.7 Å². The number of benzene rings is 1. The highest BCUT2D eigenvalue weighted by molar-refractivity contribution is 6.30. The van der Waals surface area contributed by atoms with Crippen molar-refractivity contribution in [3.05, 3.63) is 34.9 Å². The molecule has 5 heteroatoms. The topological polar surface area (TPSA) is 64.4 Å². The van der Waals surface area contributed by atoms with Gasteiger partial charge < -0.3 is 15.8 Å². The Kier molecular flexibility index (Phi) is 6.46. The van der Waals surface area contributed by atoms with Gasteiger partial charge in [-0.15, -0.1) is 0 Å². The Morgan fingerprint density at radius 1 is 1.55 bits per heavy atom. The summed E-state index contributed by atoms with van der Waals surface area (Å²) in [5.74, 6) is -0.163. The third-order valence-electron chi connectivity index (χ3n) is 3.24. The number of rotatable bonds is 7. The average Bonchev–Trinajstić information content (AvgIpc) is 2.39. The molecule has 1 amide bonds. The molecule has 4 nitrogen and oxygen atoms in total. The number of halogens is 1. The van der Waals surface area contributed by atoms with E-state index in [9.17, 15) is 4.79 Å². The summed E-state index contributed by atoms with van der Waals surface area (Å²) in [4.78, 5) is 12.1. The van der Waals surface area contributed by atoms with Crippen LogP contribution in [0.5, 0.6) is 0 Å². The number of nitrogens with one attached hydrogen (secondary N) is 1. The molecular formula is C15H23ClN2O2. The largest absolute Gasteiger partial charge is 0.375 e. The van der Waals surface area contributed by atoms with E-state index in [4.69, 9.17) is 22.1 Å². The molecule has 0 bridgehead atoms. The monoisotopic (exact) mass is 298 g/mol. The van der Waals surface area contributed by atoms with E-state index in [2.05, 4.69) is 5.32 Å². The molecule has 0 aliphatic carbocycles. The number of nitrogens with two attached hydrogens (primary N) is 1. The van der Waals surface area contributed by atoms with E-state index in [0.717, 1.165) is 12.0 Å². The summed E-state index contributed by atoms with van der Waals surface area (Å²) in [5.41, 5.74) is 6.07. The Morgan fingerprint density at radius 2 is 2.25 bits per heavy atom. The Hall–Kier alpha value is -1.10. The maximum atomic E-state index is 12.1.